The van der Waals surface area contributed by atoms with E-state index in [2.05, 4.69) is 10.1 Å². The van der Waals surface area contributed by atoms with E-state index in [-0.39, 0.29) is 5.82 Å². The summed E-state index contributed by atoms with van der Waals surface area (Å²) in [6.45, 7) is 0.877. The number of thioether (sulfide) groups is 1. The number of benzene rings is 1. The van der Waals surface area contributed by atoms with Gasteiger partial charge in [0.15, 0.2) is 5.82 Å². The standard InChI is InChI=1S/C15H17FN2O2S/c16-12-6-4-11(5-7-12)15-17-14(18-20-15)10-21-9-13-3-1-2-8-19-13/h4-7,13H,1-3,8-10H2/t13-/m0/s1. The maximum atomic E-state index is 12.9. The van der Waals surface area contributed by atoms with E-state index in [1.165, 1.54) is 25.0 Å². The lowest BCUT2D eigenvalue weighted by Gasteiger charge is -2.21. The van der Waals surface area contributed by atoms with Gasteiger partial charge < -0.3 is 9.26 Å². The Labute approximate surface area is 127 Å². The molecule has 1 aliphatic rings. The molecular weight excluding hydrogens is 291 g/mol. The number of halogens is 1. The van der Waals surface area contributed by atoms with Crippen LogP contribution >= 0.6 is 11.8 Å². The maximum absolute atomic E-state index is 12.9. The van der Waals surface area contributed by atoms with Crippen LogP contribution in [0.1, 0.15) is 25.1 Å². The van der Waals surface area contributed by atoms with Crippen molar-refractivity contribution in [1.82, 2.24) is 10.1 Å². The number of aromatic nitrogens is 2. The maximum Gasteiger partial charge on any atom is 0.257 e. The minimum absolute atomic E-state index is 0.276. The first kappa shape index (κ1) is 14.5. The normalized spacial score (nSPS) is 18.8. The Kier molecular flexibility index (Phi) is 4.87. The lowest BCUT2D eigenvalue weighted by molar-refractivity contribution is 0.0315. The number of ether oxygens (including phenoxy) is 1. The van der Waals surface area contributed by atoms with E-state index in [0.29, 0.717) is 23.6 Å². The zero-order chi connectivity index (χ0) is 14.5. The molecule has 0 aliphatic carbocycles. The summed E-state index contributed by atoms with van der Waals surface area (Å²) in [5, 5.41) is 3.96. The number of hydrogen-bond acceptors (Lipinski definition) is 5. The lowest BCUT2D eigenvalue weighted by Crippen LogP contribution is -2.21. The third kappa shape index (κ3) is 4.04. The molecule has 1 saturated heterocycles. The third-order valence-corrected chi connectivity index (χ3v) is 4.44. The molecule has 1 aliphatic heterocycles. The number of hydrogen-bond donors (Lipinski definition) is 0. The molecule has 0 saturated carbocycles. The van der Waals surface area contributed by atoms with Gasteiger partial charge in [0.25, 0.3) is 5.89 Å². The molecule has 3 rings (SSSR count). The van der Waals surface area contributed by atoms with Crippen LogP contribution in [0.5, 0.6) is 0 Å². The van der Waals surface area contributed by atoms with E-state index in [0.717, 1.165) is 24.3 Å². The topological polar surface area (TPSA) is 48.2 Å². The Morgan fingerprint density at radius 1 is 1.24 bits per heavy atom. The highest BCUT2D eigenvalue weighted by Gasteiger charge is 2.15. The second kappa shape index (κ2) is 7.04. The summed E-state index contributed by atoms with van der Waals surface area (Å²) in [6.07, 6.45) is 3.92. The van der Waals surface area contributed by atoms with E-state index in [9.17, 15) is 4.39 Å². The Morgan fingerprint density at radius 2 is 2.10 bits per heavy atom. The Morgan fingerprint density at radius 3 is 2.86 bits per heavy atom. The Hall–Kier alpha value is -1.40. The minimum Gasteiger partial charge on any atom is -0.377 e. The van der Waals surface area contributed by atoms with Crippen LogP contribution in [0.2, 0.25) is 0 Å². The highest BCUT2D eigenvalue weighted by Crippen LogP contribution is 2.21. The van der Waals surface area contributed by atoms with Crippen molar-refractivity contribution in [3.8, 4) is 11.5 Å². The molecule has 21 heavy (non-hydrogen) atoms. The van der Waals surface area contributed by atoms with Gasteiger partial charge in [-0.25, -0.2) is 4.39 Å². The van der Waals surface area contributed by atoms with E-state index in [1.54, 1.807) is 23.9 Å². The van der Waals surface area contributed by atoms with Crippen molar-refractivity contribution in [3.63, 3.8) is 0 Å². The highest BCUT2D eigenvalue weighted by atomic mass is 32.2. The second-order valence-electron chi connectivity index (χ2n) is 5.03. The van der Waals surface area contributed by atoms with Crippen LogP contribution in [-0.2, 0) is 10.5 Å². The molecule has 0 bridgehead atoms. The van der Waals surface area contributed by atoms with Crippen molar-refractivity contribution >= 4 is 11.8 Å². The molecule has 1 atom stereocenters. The molecule has 0 spiro atoms. The SMILES string of the molecule is Fc1ccc(-c2nc(CSC[C@@H]3CCCCO3)no2)cc1. The van der Waals surface area contributed by atoms with Gasteiger partial charge in [-0.3, -0.25) is 0 Å². The van der Waals surface area contributed by atoms with Gasteiger partial charge in [-0.15, -0.1) is 0 Å². The van der Waals surface area contributed by atoms with Gasteiger partial charge in [-0.05, 0) is 43.5 Å². The van der Waals surface area contributed by atoms with Gasteiger partial charge >= 0.3 is 0 Å². The van der Waals surface area contributed by atoms with Crippen LogP contribution < -0.4 is 0 Å². The third-order valence-electron chi connectivity index (χ3n) is 3.37. The molecule has 1 aromatic carbocycles. The van der Waals surface area contributed by atoms with E-state index in [4.69, 9.17) is 9.26 Å². The molecule has 2 heterocycles. The van der Waals surface area contributed by atoms with Crippen LogP contribution in [0, 0.1) is 5.82 Å². The van der Waals surface area contributed by atoms with Crippen molar-refractivity contribution in [1.29, 1.82) is 0 Å². The quantitative estimate of drug-likeness (QED) is 0.843. The summed E-state index contributed by atoms with van der Waals surface area (Å²) in [4.78, 5) is 4.33. The summed E-state index contributed by atoms with van der Waals surface area (Å²) in [5.74, 6) is 2.47. The van der Waals surface area contributed by atoms with Crippen molar-refractivity contribution in [2.75, 3.05) is 12.4 Å². The molecule has 1 aromatic heterocycles. The zero-order valence-electron chi connectivity index (χ0n) is 11.6. The molecule has 0 amide bonds. The fourth-order valence-electron chi connectivity index (χ4n) is 2.24. The van der Waals surface area contributed by atoms with E-state index in [1.807, 2.05) is 0 Å². The first-order valence-corrected chi connectivity index (χ1v) is 8.24. The van der Waals surface area contributed by atoms with Gasteiger partial charge in [0.05, 0.1) is 11.9 Å². The lowest BCUT2D eigenvalue weighted by atomic mass is 10.1. The summed E-state index contributed by atoms with van der Waals surface area (Å²) in [7, 11) is 0. The van der Waals surface area contributed by atoms with Crippen LogP contribution in [0.15, 0.2) is 28.8 Å². The van der Waals surface area contributed by atoms with Crippen LogP contribution in [0.3, 0.4) is 0 Å². The van der Waals surface area contributed by atoms with Crippen LogP contribution in [0.25, 0.3) is 11.5 Å². The Bertz CT molecular complexity index is 567. The molecule has 112 valence electrons. The van der Waals surface area contributed by atoms with Gasteiger partial charge in [-0.1, -0.05) is 5.16 Å². The summed E-state index contributed by atoms with van der Waals surface area (Å²) in [6, 6.07) is 6.04. The highest BCUT2D eigenvalue weighted by molar-refractivity contribution is 7.98. The van der Waals surface area contributed by atoms with E-state index >= 15 is 0 Å². The van der Waals surface area contributed by atoms with Gasteiger partial charge in [0.1, 0.15) is 5.82 Å². The van der Waals surface area contributed by atoms with Crippen molar-refractivity contribution in [2.45, 2.75) is 31.1 Å². The first-order valence-electron chi connectivity index (χ1n) is 7.09. The number of rotatable bonds is 5. The average Bonchev–Trinajstić information content (AvgIpc) is 2.98. The largest absolute Gasteiger partial charge is 0.377 e. The molecule has 0 radical (unpaired) electrons. The number of nitrogens with zero attached hydrogens (tertiary/aromatic N) is 2. The summed E-state index contributed by atoms with van der Waals surface area (Å²) < 4.78 is 23.8. The molecule has 6 heteroatoms. The summed E-state index contributed by atoms with van der Waals surface area (Å²) in [5.41, 5.74) is 0.732. The van der Waals surface area contributed by atoms with Crippen molar-refractivity contribution < 1.29 is 13.7 Å². The molecular formula is C15H17FN2O2S. The molecule has 4 nitrogen and oxygen atoms in total. The van der Waals surface area contributed by atoms with Gasteiger partial charge in [-0.2, -0.15) is 16.7 Å². The molecule has 2 aromatic rings. The van der Waals surface area contributed by atoms with Gasteiger partial charge in [0.2, 0.25) is 0 Å². The zero-order valence-corrected chi connectivity index (χ0v) is 12.4. The van der Waals surface area contributed by atoms with Gasteiger partial charge in [0, 0.05) is 17.9 Å². The summed E-state index contributed by atoms with van der Waals surface area (Å²) >= 11 is 1.75. The smallest absolute Gasteiger partial charge is 0.257 e. The minimum atomic E-state index is -0.276. The molecule has 0 N–H and O–H groups in total. The van der Waals surface area contributed by atoms with Crippen LogP contribution in [-0.4, -0.2) is 28.6 Å². The monoisotopic (exact) mass is 308 g/mol. The predicted molar refractivity (Wildman–Crippen MR) is 79.4 cm³/mol. The predicted octanol–water partition coefficient (Wildman–Crippen LogP) is 3.68. The van der Waals surface area contributed by atoms with Crippen LogP contribution in [0.4, 0.5) is 4.39 Å². The van der Waals surface area contributed by atoms with Crippen molar-refractivity contribution in [2.24, 2.45) is 0 Å². The van der Waals surface area contributed by atoms with E-state index < -0.39 is 0 Å². The second-order valence-corrected chi connectivity index (χ2v) is 6.06. The fourth-order valence-corrected chi connectivity index (χ4v) is 3.19. The Balaban J connectivity index is 1.51. The average molecular weight is 308 g/mol. The molecule has 0 unspecified atom stereocenters. The van der Waals surface area contributed by atoms with Crippen molar-refractivity contribution in [3.05, 3.63) is 35.9 Å². The molecule has 1 fully saturated rings. The fraction of sp³-hybridized carbons (Fsp3) is 0.467. The first-order chi connectivity index (χ1) is 10.3.